The summed E-state index contributed by atoms with van der Waals surface area (Å²) >= 11 is 0. The summed E-state index contributed by atoms with van der Waals surface area (Å²) in [7, 11) is 3.53. The number of hydrogen-bond donors (Lipinski definition) is 1. The van der Waals surface area contributed by atoms with Gasteiger partial charge in [-0.2, -0.15) is 0 Å². The van der Waals surface area contributed by atoms with Crippen molar-refractivity contribution in [3.8, 4) is 0 Å². The Morgan fingerprint density at radius 1 is 1.07 bits per heavy atom. The molecular weight excluding hydrogens is 368 g/mol. The third-order valence-electron chi connectivity index (χ3n) is 6.14. The number of aryl methyl sites for hydroxylation is 1. The van der Waals surface area contributed by atoms with Crippen molar-refractivity contribution in [2.45, 2.75) is 13.0 Å². The average molecular weight is 394 g/mol. The molecule has 4 rings (SSSR count). The number of nitrogens with one attached hydrogen (secondary N) is 1. The zero-order valence-electron chi connectivity index (χ0n) is 17.0. The molecule has 2 fully saturated rings. The lowest BCUT2D eigenvalue weighted by atomic mass is 9.88. The quantitative estimate of drug-likeness (QED) is 0.848. The molecule has 1 aromatic heterocycles. The molecule has 29 heavy (non-hydrogen) atoms. The maximum atomic E-state index is 12.9. The highest BCUT2D eigenvalue weighted by Gasteiger charge is 2.50. The van der Waals surface area contributed by atoms with Gasteiger partial charge in [0.2, 0.25) is 0 Å². The van der Waals surface area contributed by atoms with Gasteiger partial charge in [-0.05, 0) is 30.2 Å². The van der Waals surface area contributed by atoms with Crippen molar-refractivity contribution in [2.24, 2.45) is 11.8 Å². The summed E-state index contributed by atoms with van der Waals surface area (Å²) in [6, 6.07) is 11.3. The second kappa shape index (κ2) is 7.39. The fraction of sp³-hybridized carbons (Fsp3) is 0.409. The predicted octanol–water partition coefficient (Wildman–Crippen LogP) is 2.11. The Balaban J connectivity index is 1.65. The van der Waals surface area contributed by atoms with E-state index in [1.54, 1.807) is 36.0 Å². The van der Waals surface area contributed by atoms with E-state index in [0.29, 0.717) is 19.6 Å². The molecule has 2 aliphatic heterocycles. The lowest BCUT2D eigenvalue weighted by Crippen LogP contribution is -2.42. The molecule has 2 aromatic rings. The zero-order chi connectivity index (χ0) is 20.7. The fourth-order valence-corrected chi connectivity index (χ4v) is 4.74. The van der Waals surface area contributed by atoms with Crippen LogP contribution in [0.15, 0.2) is 47.4 Å². The van der Waals surface area contributed by atoms with Crippen molar-refractivity contribution in [1.82, 2.24) is 19.7 Å². The van der Waals surface area contributed by atoms with Crippen molar-refractivity contribution < 1.29 is 9.59 Å². The molecule has 7 nitrogen and oxygen atoms in total. The van der Waals surface area contributed by atoms with Crippen LogP contribution in [0.5, 0.6) is 0 Å². The van der Waals surface area contributed by atoms with Crippen LogP contribution in [-0.4, -0.2) is 65.4 Å². The molecule has 2 saturated heterocycles. The molecule has 0 unspecified atom stereocenters. The number of urea groups is 1. The van der Waals surface area contributed by atoms with E-state index in [9.17, 15) is 14.4 Å². The Morgan fingerprint density at radius 2 is 1.83 bits per heavy atom. The van der Waals surface area contributed by atoms with E-state index in [0.717, 1.165) is 11.1 Å². The van der Waals surface area contributed by atoms with E-state index in [4.69, 9.17) is 0 Å². The lowest BCUT2D eigenvalue weighted by Gasteiger charge is -2.32. The number of amides is 3. The van der Waals surface area contributed by atoms with Gasteiger partial charge in [-0.15, -0.1) is 0 Å². The van der Waals surface area contributed by atoms with Crippen molar-refractivity contribution in [2.75, 3.05) is 33.7 Å². The fourth-order valence-electron chi connectivity index (χ4n) is 4.74. The number of benzene rings is 1. The highest BCUT2D eigenvalue weighted by atomic mass is 16.2. The number of aromatic nitrogens is 1. The maximum absolute atomic E-state index is 12.9. The first-order chi connectivity index (χ1) is 13.9. The Hall–Kier alpha value is -3.09. The highest BCUT2D eigenvalue weighted by Crippen LogP contribution is 2.46. The molecule has 0 radical (unpaired) electrons. The molecule has 0 saturated carbocycles. The number of fused-ring (bicyclic) bond motifs is 1. The normalized spacial score (nSPS) is 23.2. The molecule has 7 heteroatoms. The summed E-state index contributed by atoms with van der Waals surface area (Å²) in [5, 5.41) is 0. The molecule has 3 amide bonds. The van der Waals surface area contributed by atoms with Crippen LogP contribution in [0, 0.1) is 18.8 Å². The van der Waals surface area contributed by atoms with Crippen molar-refractivity contribution in [1.29, 1.82) is 0 Å². The van der Waals surface area contributed by atoms with Crippen LogP contribution in [0.1, 0.15) is 27.5 Å². The topological polar surface area (TPSA) is 76.7 Å². The predicted molar refractivity (Wildman–Crippen MR) is 110 cm³/mol. The SMILES string of the molecule is Cc1ccccc1[C@H]1[C@@H]2CN(C(=O)c3ccc[nH]c3=O)C[C@@H]2CN1C(=O)N(C)C. The van der Waals surface area contributed by atoms with Crippen LogP contribution < -0.4 is 5.56 Å². The van der Waals surface area contributed by atoms with E-state index in [1.807, 2.05) is 17.0 Å². The number of nitrogens with zero attached hydrogens (tertiary/aromatic N) is 3. The van der Waals surface area contributed by atoms with E-state index in [2.05, 4.69) is 24.0 Å². The summed E-state index contributed by atoms with van der Waals surface area (Å²) in [4.78, 5) is 45.8. The number of hydrogen-bond acceptors (Lipinski definition) is 3. The Labute approximate surface area is 169 Å². The number of carbonyl (C=O) groups is 2. The van der Waals surface area contributed by atoms with Crippen LogP contribution in [0.4, 0.5) is 4.79 Å². The minimum atomic E-state index is -0.366. The molecule has 1 aromatic carbocycles. The van der Waals surface area contributed by atoms with Crippen molar-refractivity contribution in [3.63, 3.8) is 0 Å². The zero-order valence-corrected chi connectivity index (χ0v) is 17.0. The molecule has 152 valence electrons. The molecule has 0 spiro atoms. The first kappa shape index (κ1) is 19.2. The number of H-pyrrole nitrogens is 1. The van der Waals surface area contributed by atoms with Crippen LogP contribution in [0.2, 0.25) is 0 Å². The van der Waals surface area contributed by atoms with Gasteiger partial charge >= 0.3 is 6.03 Å². The van der Waals surface area contributed by atoms with Gasteiger partial charge in [0.1, 0.15) is 5.56 Å². The summed E-state index contributed by atoms with van der Waals surface area (Å²) in [5.74, 6) is 0.0947. The largest absolute Gasteiger partial charge is 0.338 e. The van der Waals surface area contributed by atoms with Crippen LogP contribution in [-0.2, 0) is 0 Å². The van der Waals surface area contributed by atoms with E-state index < -0.39 is 0 Å². The number of rotatable bonds is 2. The average Bonchev–Trinajstić information content (AvgIpc) is 3.26. The van der Waals surface area contributed by atoms with Gasteiger partial charge in [0.15, 0.2) is 0 Å². The van der Waals surface area contributed by atoms with Gasteiger partial charge in [0.05, 0.1) is 6.04 Å². The first-order valence-electron chi connectivity index (χ1n) is 9.89. The maximum Gasteiger partial charge on any atom is 0.320 e. The third kappa shape index (κ3) is 3.30. The molecule has 3 atom stereocenters. The number of likely N-dealkylation sites (tertiary alicyclic amines) is 2. The Morgan fingerprint density at radius 3 is 2.52 bits per heavy atom. The van der Waals surface area contributed by atoms with Gasteiger partial charge in [0.25, 0.3) is 11.5 Å². The van der Waals surface area contributed by atoms with Crippen LogP contribution in [0.3, 0.4) is 0 Å². The van der Waals surface area contributed by atoms with Gasteiger partial charge in [0, 0.05) is 51.8 Å². The molecule has 2 aliphatic rings. The monoisotopic (exact) mass is 394 g/mol. The van der Waals surface area contributed by atoms with Gasteiger partial charge in [-0.1, -0.05) is 24.3 Å². The minimum Gasteiger partial charge on any atom is -0.338 e. The van der Waals surface area contributed by atoms with Gasteiger partial charge in [-0.25, -0.2) is 4.79 Å². The third-order valence-corrected chi connectivity index (χ3v) is 6.14. The second-order valence-electron chi connectivity index (χ2n) is 8.18. The molecule has 0 bridgehead atoms. The molecule has 0 aliphatic carbocycles. The summed E-state index contributed by atoms with van der Waals surface area (Å²) in [6.45, 7) is 3.75. The molecule has 3 heterocycles. The van der Waals surface area contributed by atoms with Crippen molar-refractivity contribution in [3.05, 3.63) is 69.6 Å². The lowest BCUT2D eigenvalue weighted by molar-refractivity contribution is 0.0764. The van der Waals surface area contributed by atoms with E-state index >= 15 is 0 Å². The first-order valence-corrected chi connectivity index (χ1v) is 9.89. The van der Waals surface area contributed by atoms with E-state index in [-0.39, 0.29) is 40.9 Å². The minimum absolute atomic E-state index is 0.00923. The smallest absolute Gasteiger partial charge is 0.320 e. The number of pyridine rings is 1. The van der Waals surface area contributed by atoms with Crippen LogP contribution >= 0.6 is 0 Å². The summed E-state index contributed by atoms with van der Waals surface area (Å²) in [5.41, 5.74) is 2.07. The number of carbonyl (C=O) groups excluding carboxylic acids is 2. The van der Waals surface area contributed by atoms with Crippen LogP contribution in [0.25, 0.3) is 0 Å². The summed E-state index contributed by atoms with van der Waals surface area (Å²) < 4.78 is 0. The Bertz CT molecular complexity index is 999. The van der Waals surface area contributed by atoms with Crippen molar-refractivity contribution >= 4 is 11.9 Å². The molecule has 1 N–H and O–H groups in total. The molecular formula is C22H26N4O3. The summed E-state index contributed by atoms with van der Waals surface area (Å²) in [6.07, 6.45) is 1.52. The van der Waals surface area contributed by atoms with E-state index in [1.165, 1.54) is 6.20 Å². The highest BCUT2D eigenvalue weighted by molar-refractivity contribution is 5.94. The van der Waals surface area contributed by atoms with Gasteiger partial charge < -0.3 is 19.7 Å². The standard InChI is InChI=1S/C22H26N4O3/c1-14-7-4-5-8-16(14)19-18-13-25(21(28)17-9-6-10-23-20(17)27)11-15(18)12-26(19)22(29)24(2)3/h4-10,15,18-19H,11-13H2,1-3H3,(H,23,27)/t15-,18-,19+/m1/s1. The van der Waals surface area contributed by atoms with Gasteiger partial charge in [-0.3, -0.25) is 9.59 Å². The second-order valence-corrected chi connectivity index (χ2v) is 8.18. The Kier molecular flexibility index (Phi) is 4.90. The number of aromatic amines is 1.